The van der Waals surface area contributed by atoms with E-state index in [-0.39, 0.29) is 18.1 Å². The second-order valence-electron chi connectivity index (χ2n) is 3.70. The van der Waals surface area contributed by atoms with E-state index < -0.39 is 0 Å². The predicted molar refractivity (Wildman–Crippen MR) is 68.1 cm³/mol. The van der Waals surface area contributed by atoms with Crippen LogP contribution in [-0.2, 0) is 0 Å². The topological polar surface area (TPSA) is 40.9 Å². The second kappa shape index (κ2) is 5.42. The third kappa shape index (κ3) is 2.80. The van der Waals surface area contributed by atoms with E-state index in [4.69, 9.17) is 5.26 Å². The van der Waals surface area contributed by atoms with Crippen LogP contribution in [-0.4, -0.2) is 5.78 Å². The first-order valence-electron chi connectivity index (χ1n) is 5.32. The van der Waals surface area contributed by atoms with Gasteiger partial charge in [-0.1, -0.05) is 36.4 Å². The van der Waals surface area contributed by atoms with E-state index in [1.54, 1.807) is 6.07 Å². The molecule has 17 heavy (non-hydrogen) atoms. The van der Waals surface area contributed by atoms with Crippen LogP contribution in [0.4, 0.5) is 0 Å². The van der Waals surface area contributed by atoms with Crippen LogP contribution in [0.2, 0.25) is 0 Å². The molecule has 0 aliphatic heterocycles. The van der Waals surface area contributed by atoms with E-state index in [2.05, 4.69) is 6.07 Å². The molecule has 0 radical (unpaired) electrons. The molecule has 2 nitrogen and oxygen atoms in total. The lowest BCUT2D eigenvalue weighted by Crippen LogP contribution is -2.04. The summed E-state index contributed by atoms with van der Waals surface area (Å²) in [6.07, 6.45) is 0.251. The maximum Gasteiger partial charge on any atom is 0.174 e. The Hall–Kier alpha value is -1.92. The molecular weight excluding hydrogens is 230 g/mol. The number of benzene rings is 1. The van der Waals surface area contributed by atoms with E-state index in [9.17, 15) is 4.79 Å². The van der Waals surface area contributed by atoms with Gasteiger partial charge < -0.3 is 0 Å². The average molecular weight is 241 g/mol. The predicted octanol–water partition coefficient (Wildman–Crippen LogP) is 3.63. The molecule has 0 aliphatic carbocycles. The zero-order valence-electron chi connectivity index (χ0n) is 9.17. The lowest BCUT2D eigenvalue weighted by Gasteiger charge is -2.07. The van der Waals surface area contributed by atoms with Crippen molar-refractivity contribution < 1.29 is 4.79 Å². The SMILES string of the molecule is N#CC(CC(=O)c1cccs1)c1ccccc1. The molecule has 0 spiro atoms. The highest BCUT2D eigenvalue weighted by molar-refractivity contribution is 7.12. The van der Waals surface area contributed by atoms with E-state index in [0.29, 0.717) is 0 Å². The van der Waals surface area contributed by atoms with Crippen molar-refractivity contribution in [1.29, 1.82) is 5.26 Å². The smallest absolute Gasteiger partial charge is 0.174 e. The van der Waals surface area contributed by atoms with E-state index >= 15 is 0 Å². The normalized spacial score (nSPS) is 11.7. The Balaban J connectivity index is 2.12. The molecule has 84 valence electrons. The fraction of sp³-hybridized carbons (Fsp3) is 0.143. The molecule has 1 atom stereocenters. The van der Waals surface area contributed by atoms with Gasteiger partial charge in [-0.05, 0) is 17.0 Å². The maximum absolute atomic E-state index is 11.9. The molecule has 0 fully saturated rings. The van der Waals surface area contributed by atoms with Gasteiger partial charge >= 0.3 is 0 Å². The third-order valence-electron chi connectivity index (χ3n) is 2.54. The van der Waals surface area contributed by atoms with Gasteiger partial charge in [0.15, 0.2) is 5.78 Å². The molecule has 1 heterocycles. The van der Waals surface area contributed by atoms with Gasteiger partial charge in [-0.15, -0.1) is 11.3 Å². The number of ketones is 1. The fourth-order valence-electron chi connectivity index (χ4n) is 1.65. The third-order valence-corrected chi connectivity index (χ3v) is 3.45. The van der Waals surface area contributed by atoms with Gasteiger partial charge in [-0.3, -0.25) is 4.79 Å². The highest BCUT2D eigenvalue weighted by atomic mass is 32.1. The van der Waals surface area contributed by atoms with Crippen LogP contribution in [0.1, 0.15) is 27.6 Å². The molecular formula is C14H11NOS. The van der Waals surface area contributed by atoms with E-state index in [1.165, 1.54) is 11.3 Å². The maximum atomic E-state index is 11.9. The monoisotopic (exact) mass is 241 g/mol. The van der Waals surface area contributed by atoms with Gasteiger partial charge in [0.25, 0.3) is 0 Å². The number of hydrogen-bond donors (Lipinski definition) is 0. The number of rotatable bonds is 4. The summed E-state index contributed by atoms with van der Waals surface area (Å²) in [5, 5.41) is 11.0. The van der Waals surface area contributed by atoms with E-state index in [1.807, 2.05) is 41.8 Å². The van der Waals surface area contributed by atoms with E-state index in [0.717, 1.165) is 10.4 Å². The summed E-state index contributed by atoms with van der Waals surface area (Å²) >= 11 is 1.42. The molecule has 1 unspecified atom stereocenters. The number of carbonyl (C=O) groups is 1. The summed E-state index contributed by atoms with van der Waals surface area (Å²) in [5.41, 5.74) is 0.903. The Bertz CT molecular complexity index is 525. The number of nitriles is 1. The molecule has 2 rings (SSSR count). The quantitative estimate of drug-likeness (QED) is 0.767. The van der Waals surface area contributed by atoms with Gasteiger partial charge in [0.05, 0.1) is 16.9 Å². The lowest BCUT2D eigenvalue weighted by molar-refractivity contribution is 0.0983. The minimum atomic E-state index is -0.356. The van der Waals surface area contributed by atoms with Crippen LogP contribution in [0.25, 0.3) is 0 Å². The number of nitrogens with zero attached hydrogens (tertiary/aromatic N) is 1. The van der Waals surface area contributed by atoms with Crippen molar-refractivity contribution >= 4 is 17.1 Å². The van der Waals surface area contributed by atoms with Crippen LogP contribution >= 0.6 is 11.3 Å². The molecule has 0 saturated heterocycles. The molecule has 0 aliphatic rings. The minimum Gasteiger partial charge on any atom is -0.293 e. The highest BCUT2D eigenvalue weighted by Gasteiger charge is 2.16. The fourth-order valence-corrected chi connectivity index (χ4v) is 2.32. The van der Waals surface area contributed by atoms with Crippen LogP contribution in [0.5, 0.6) is 0 Å². The Morgan fingerprint density at radius 3 is 2.59 bits per heavy atom. The first-order chi connectivity index (χ1) is 8.31. The largest absolute Gasteiger partial charge is 0.293 e. The Morgan fingerprint density at radius 2 is 2.00 bits per heavy atom. The molecule has 3 heteroatoms. The van der Waals surface area contributed by atoms with Crippen LogP contribution in [0.15, 0.2) is 47.8 Å². The summed E-state index contributed by atoms with van der Waals surface area (Å²) in [4.78, 5) is 12.6. The summed E-state index contributed by atoms with van der Waals surface area (Å²) in [6, 6.07) is 15.3. The highest BCUT2D eigenvalue weighted by Crippen LogP contribution is 2.22. The van der Waals surface area contributed by atoms with Crippen molar-refractivity contribution in [2.45, 2.75) is 12.3 Å². The first-order valence-corrected chi connectivity index (χ1v) is 6.20. The number of carbonyl (C=O) groups excluding carboxylic acids is 1. The van der Waals surface area contributed by atoms with Gasteiger partial charge in [0.2, 0.25) is 0 Å². The molecule has 0 N–H and O–H groups in total. The Kier molecular flexibility index (Phi) is 3.69. The van der Waals surface area contributed by atoms with Gasteiger partial charge in [0.1, 0.15) is 0 Å². The summed E-state index contributed by atoms with van der Waals surface area (Å²) in [6.45, 7) is 0. The summed E-state index contributed by atoms with van der Waals surface area (Å²) in [5.74, 6) is -0.318. The minimum absolute atomic E-state index is 0.0374. The number of thiophene rings is 1. The number of Topliss-reactive ketones (excluding diaryl/α,β-unsaturated/α-hetero) is 1. The van der Waals surface area contributed by atoms with Crippen molar-refractivity contribution in [3.05, 3.63) is 58.3 Å². The standard InChI is InChI=1S/C14H11NOS/c15-10-12(11-5-2-1-3-6-11)9-13(16)14-7-4-8-17-14/h1-8,12H,9H2. The molecule has 0 bridgehead atoms. The van der Waals surface area contributed by atoms with Crippen molar-refractivity contribution in [2.75, 3.05) is 0 Å². The first kappa shape index (κ1) is 11.6. The van der Waals surface area contributed by atoms with Crippen LogP contribution in [0, 0.1) is 11.3 Å². The summed E-state index contributed by atoms with van der Waals surface area (Å²) in [7, 11) is 0. The Labute approximate surface area is 104 Å². The Morgan fingerprint density at radius 1 is 1.24 bits per heavy atom. The number of hydrogen-bond acceptors (Lipinski definition) is 3. The van der Waals surface area contributed by atoms with Gasteiger partial charge in [-0.25, -0.2) is 0 Å². The average Bonchev–Trinajstić information content (AvgIpc) is 2.90. The van der Waals surface area contributed by atoms with Crippen molar-refractivity contribution in [1.82, 2.24) is 0 Å². The lowest BCUT2D eigenvalue weighted by atomic mass is 9.95. The zero-order chi connectivity index (χ0) is 12.1. The molecule has 0 saturated carbocycles. The van der Waals surface area contributed by atoms with Crippen molar-refractivity contribution in [3.63, 3.8) is 0 Å². The molecule has 0 amide bonds. The molecule has 1 aromatic heterocycles. The van der Waals surface area contributed by atoms with Crippen molar-refractivity contribution in [3.8, 4) is 6.07 Å². The van der Waals surface area contributed by atoms with Crippen molar-refractivity contribution in [2.24, 2.45) is 0 Å². The van der Waals surface area contributed by atoms with Crippen LogP contribution in [0.3, 0.4) is 0 Å². The molecule has 2 aromatic rings. The molecule has 1 aromatic carbocycles. The van der Waals surface area contributed by atoms with Crippen LogP contribution < -0.4 is 0 Å². The second-order valence-corrected chi connectivity index (χ2v) is 4.64. The summed E-state index contributed by atoms with van der Waals surface area (Å²) < 4.78 is 0. The van der Waals surface area contributed by atoms with Gasteiger partial charge in [-0.2, -0.15) is 5.26 Å². The van der Waals surface area contributed by atoms with Gasteiger partial charge in [0, 0.05) is 6.42 Å². The zero-order valence-corrected chi connectivity index (χ0v) is 9.98.